The van der Waals surface area contributed by atoms with Crippen LogP contribution in [0.5, 0.6) is 0 Å². The normalized spacial score (nSPS) is 10.9. The maximum Gasteiger partial charge on any atom is 0.346 e. The predicted molar refractivity (Wildman–Crippen MR) is 66.5 cm³/mol. The van der Waals surface area contributed by atoms with Gasteiger partial charge in [-0.25, -0.2) is 4.79 Å². The first kappa shape index (κ1) is 13.2. The first-order chi connectivity index (χ1) is 8.67. The number of carboxylic acids is 1. The van der Waals surface area contributed by atoms with Gasteiger partial charge < -0.3 is 10.4 Å². The van der Waals surface area contributed by atoms with Crippen LogP contribution in [-0.2, 0) is 9.59 Å². The molecule has 0 unspecified atom stereocenters. The van der Waals surface area contributed by atoms with Gasteiger partial charge in [-0.2, -0.15) is 5.26 Å². The molecule has 0 radical (unpaired) electrons. The van der Waals surface area contributed by atoms with Gasteiger partial charge in [0, 0.05) is 5.69 Å². The van der Waals surface area contributed by atoms with Crippen LogP contribution in [0.15, 0.2) is 42.0 Å². The van der Waals surface area contributed by atoms with Crippen LogP contribution in [0, 0.1) is 11.3 Å². The molecule has 0 saturated heterocycles. The lowest BCUT2D eigenvalue weighted by atomic mass is 10.2. The largest absolute Gasteiger partial charge is 0.477 e. The summed E-state index contributed by atoms with van der Waals surface area (Å²) < 4.78 is 0. The number of allylic oxidation sites excluding steroid dienone is 2. The highest BCUT2D eigenvalue weighted by atomic mass is 16.4. The average Bonchev–Trinajstić information content (AvgIpc) is 2.36. The number of carbonyl (C=O) groups is 2. The first-order valence-electron chi connectivity index (χ1n) is 4.99. The van der Waals surface area contributed by atoms with Crippen molar-refractivity contribution in [3.8, 4) is 6.07 Å². The Bertz CT molecular complexity index is 536. The third kappa shape index (κ3) is 3.94. The number of aliphatic carboxylic acids is 1. The van der Waals surface area contributed by atoms with Crippen LogP contribution >= 0.6 is 0 Å². The number of amides is 1. The summed E-state index contributed by atoms with van der Waals surface area (Å²) in [7, 11) is 0. The Hall–Kier alpha value is -2.87. The summed E-state index contributed by atoms with van der Waals surface area (Å²) in [5.41, 5.74) is 1.16. The van der Waals surface area contributed by atoms with Gasteiger partial charge in [0.05, 0.1) is 0 Å². The fourth-order valence-electron chi connectivity index (χ4n) is 1.17. The minimum atomic E-state index is -1.26. The number of nitrogens with zero attached hydrogens (tertiary/aromatic N) is 1. The van der Waals surface area contributed by atoms with Gasteiger partial charge in [-0.1, -0.05) is 24.3 Å². The zero-order chi connectivity index (χ0) is 13.4. The average molecular weight is 242 g/mol. The number of anilines is 1. The number of carbonyl (C=O) groups excluding carboxylic acids is 1. The van der Waals surface area contributed by atoms with Crippen molar-refractivity contribution in [2.75, 3.05) is 5.32 Å². The van der Waals surface area contributed by atoms with Crippen LogP contribution in [0.3, 0.4) is 0 Å². The molecule has 0 spiro atoms. The van der Waals surface area contributed by atoms with E-state index in [9.17, 15) is 9.59 Å². The number of hydrogen-bond acceptors (Lipinski definition) is 3. The monoisotopic (exact) mass is 242 g/mol. The number of nitriles is 1. The van der Waals surface area contributed by atoms with E-state index in [1.165, 1.54) is 12.2 Å². The van der Waals surface area contributed by atoms with Crippen LogP contribution in [-0.4, -0.2) is 17.5 Å². The molecule has 0 aliphatic rings. The molecule has 0 aliphatic carbocycles. The van der Waals surface area contributed by atoms with E-state index in [1.807, 2.05) is 0 Å². The molecule has 0 atom stereocenters. The van der Waals surface area contributed by atoms with Crippen molar-refractivity contribution in [1.82, 2.24) is 0 Å². The van der Waals surface area contributed by atoms with E-state index in [4.69, 9.17) is 10.4 Å². The van der Waals surface area contributed by atoms with Crippen LogP contribution < -0.4 is 5.32 Å². The minimum Gasteiger partial charge on any atom is -0.477 e. The predicted octanol–water partition coefficient (Wildman–Crippen LogP) is 1.80. The molecule has 1 aromatic carbocycles. The maximum atomic E-state index is 10.5. The van der Waals surface area contributed by atoms with E-state index >= 15 is 0 Å². The standard InChI is InChI=1S/C13H10N2O3/c14-8-11(13(17)18)3-1-2-10-4-6-12(7-5-10)15-9-16/h1-7,9H,(H,15,16)(H,17,18). The minimum absolute atomic E-state index is 0.328. The zero-order valence-corrected chi connectivity index (χ0v) is 9.33. The molecular weight excluding hydrogens is 232 g/mol. The zero-order valence-electron chi connectivity index (χ0n) is 9.33. The van der Waals surface area contributed by atoms with Gasteiger partial charge in [0.25, 0.3) is 0 Å². The Labute approximate surface area is 104 Å². The molecule has 0 heterocycles. The molecule has 5 heteroatoms. The topological polar surface area (TPSA) is 90.2 Å². The number of benzene rings is 1. The Balaban J connectivity index is 2.76. The van der Waals surface area contributed by atoms with E-state index in [0.29, 0.717) is 12.1 Å². The fourth-order valence-corrected chi connectivity index (χ4v) is 1.17. The van der Waals surface area contributed by atoms with Crippen LogP contribution in [0.2, 0.25) is 0 Å². The molecule has 18 heavy (non-hydrogen) atoms. The van der Waals surface area contributed by atoms with Gasteiger partial charge in [-0.15, -0.1) is 0 Å². The molecule has 2 N–H and O–H groups in total. The Morgan fingerprint density at radius 2 is 2.00 bits per heavy atom. The fraction of sp³-hybridized carbons (Fsp3) is 0. The van der Waals surface area contributed by atoms with Gasteiger partial charge in [0.15, 0.2) is 0 Å². The maximum absolute atomic E-state index is 10.5. The van der Waals surface area contributed by atoms with E-state index in [1.54, 1.807) is 36.4 Å². The number of carboxylic acid groups (broad SMARTS) is 1. The van der Waals surface area contributed by atoms with Crippen LogP contribution in [0.25, 0.3) is 6.08 Å². The molecule has 5 nitrogen and oxygen atoms in total. The van der Waals surface area contributed by atoms with Crippen molar-refractivity contribution in [3.63, 3.8) is 0 Å². The van der Waals surface area contributed by atoms with Crippen molar-refractivity contribution in [2.45, 2.75) is 0 Å². The smallest absolute Gasteiger partial charge is 0.346 e. The molecular formula is C13H10N2O3. The second-order valence-electron chi connectivity index (χ2n) is 3.24. The van der Waals surface area contributed by atoms with Crippen molar-refractivity contribution >= 4 is 24.1 Å². The van der Waals surface area contributed by atoms with Gasteiger partial charge in [0.2, 0.25) is 6.41 Å². The van der Waals surface area contributed by atoms with Gasteiger partial charge in [-0.05, 0) is 23.8 Å². The van der Waals surface area contributed by atoms with Crippen molar-refractivity contribution in [1.29, 1.82) is 5.26 Å². The SMILES string of the molecule is N#CC(=CC=Cc1ccc(NC=O)cc1)C(=O)O. The summed E-state index contributed by atoms with van der Waals surface area (Å²) in [6, 6.07) is 8.50. The highest BCUT2D eigenvalue weighted by Gasteiger charge is 2.02. The number of hydrogen-bond donors (Lipinski definition) is 2. The molecule has 1 rings (SSSR count). The van der Waals surface area contributed by atoms with Crippen molar-refractivity contribution in [2.24, 2.45) is 0 Å². The molecule has 0 aliphatic heterocycles. The van der Waals surface area contributed by atoms with E-state index in [2.05, 4.69) is 5.32 Å². The first-order valence-corrected chi connectivity index (χ1v) is 4.99. The Kier molecular flexibility index (Phi) is 4.88. The van der Waals surface area contributed by atoms with Crippen molar-refractivity contribution < 1.29 is 14.7 Å². The highest BCUT2D eigenvalue weighted by molar-refractivity contribution is 5.91. The van der Waals surface area contributed by atoms with Gasteiger partial charge in [-0.3, -0.25) is 4.79 Å². The van der Waals surface area contributed by atoms with Gasteiger partial charge >= 0.3 is 5.97 Å². The summed E-state index contributed by atoms with van der Waals surface area (Å²) in [5.74, 6) is -1.26. The van der Waals surface area contributed by atoms with Crippen LogP contribution in [0.1, 0.15) is 5.56 Å². The molecule has 0 saturated carbocycles. The molecule has 0 bridgehead atoms. The lowest BCUT2D eigenvalue weighted by Gasteiger charge is -1.98. The number of nitrogens with one attached hydrogen (secondary N) is 1. The van der Waals surface area contributed by atoms with E-state index < -0.39 is 5.97 Å². The third-order valence-corrected chi connectivity index (χ3v) is 2.04. The van der Waals surface area contributed by atoms with Gasteiger partial charge in [0.1, 0.15) is 11.6 Å². The summed E-state index contributed by atoms with van der Waals surface area (Å²) in [4.78, 5) is 20.7. The summed E-state index contributed by atoms with van der Waals surface area (Å²) in [6.07, 6.45) is 4.94. The third-order valence-electron chi connectivity index (χ3n) is 2.04. The second-order valence-corrected chi connectivity index (χ2v) is 3.24. The van der Waals surface area contributed by atoms with Crippen molar-refractivity contribution in [3.05, 3.63) is 47.6 Å². The van der Waals surface area contributed by atoms with E-state index in [-0.39, 0.29) is 5.57 Å². The van der Waals surface area contributed by atoms with Crippen LogP contribution in [0.4, 0.5) is 5.69 Å². The molecule has 0 aromatic heterocycles. The Morgan fingerprint density at radius 1 is 1.33 bits per heavy atom. The quantitative estimate of drug-likeness (QED) is 0.356. The van der Waals surface area contributed by atoms with E-state index in [0.717, 1.165) is 5.56 Å². The summed E-state index contributed by atoms with van der Waals surface area (Å²) >= 11 is 0. The molecule has 90 valence electrons. The molecule has 1 amide bonds. The second kappa shape index (κ2) is 6.66. The lowest BCUT2D eigenvalue weighted by molar-refractivity contribution is -0.132. The lowest BCUT2D eigenvalue weighted by Crippen LogP contribution is -1.96. The molecule has 0 fully saturated rings. The highest BCUT2D eigenvalue weighted by Crippen LogP contribution is 2.10. The summed E-state index contributed by atoms with van der Waals surface area (Å²) in [5, 5.41) is 19.6. The number of rotatable bonds is 5. The summed E-state index contributed by atoms with van der Waals surface area (Å²) in [6.45, 7) is 0. The molecule has 1 aromatic rings. The Morgan fingerprint density at radius 3 is 2.50 bits per heavy atom.